The van der Waals surface area contributed by atoms with Gasteiger partial charge >= 0.3 is 15.3 Å². The van der Waals surface area contributed by atoms with Crippen LogP contribution in [0.5, 0.6) is 0 Å². The lowest BCUT2D eigenvalue weighted by Gasteiger charge is -2.13. The number of carbonyl (C=O) groups excluding carboxylic acids is 1. The molecule has 0 saturated heterocycles. The van der Waals surface area contributed by atoms with Crippen molar-refractivity contribution >= 4 is 15.3 Å². The van der Waals surface area contributed by atoms with Gasteiger partial charge in [-0.15, -0.1) is 0 Å². The molecule has 0 rings (SSSR count). The summed E-state index contributed by atoms with van der Waals surface area (Å²) in [6.07, 6.45) is 0.303. The second kappa shape index (κ2) is 7.27. The Morgan fingerprint density at radius 1 is 1.25 bits per heavy atom. The van der Waals surface area contributed by atoms with Gasteiger partial charge < -0.3 is 13.6 Å². The number of ether oxygens (including phenoxy) is 1. The molecule has 0 aromatic carbocycles. The molecule has 0 aliphatic heterocycles. The molecule has 12 heavy (non-hydrogen) atoms. The van der Waals surface area contributed by atoms with Gasteiger partial charge in [0.25, 0.3) is 0 Å². The zero-order chi connectivity index (χ0) is 9.40. The van der Waals surface area contributed by atoms with Crippen LogP contribution in [0.15, 0.2) is 0 Å². The minimum absolute atomic E-state index is 0.285. The van der Waals surface area contributed by atoms with E-state index in [4.69, 9.17) is 13.6 Å². The van der Waals surface area contributed by atoms with Gasteiger partial charge in [0.15, 0.2) is 0 Å². The average Bonchev–Trinajstić information content (AvgIpc) is 2.01. The number of hydrogen-bond acceptors (Lipinski definition) is 4. The molecule has 0 atom stereocenters. The minimum atomic E-state index is -1.73. The molecule has 72 valence electrons. The van der Waals surface area contributed by atoms with E-state index >= 15 is 0 Å². The van der Waals surface area contributed by atoms with E-state index in [1.54, 1.807) is 0 Å². The minimum Gasteiger partial charge on any atom is -0.464 e. The van der Waals surface area contributed by atoms with Crippen molar-refractivity contribution in [1.82, 2.24) is 0 Å². The molecular weight excluding hydrogens is 176 g/mol. The maximum absolute atomic E-state index is 10.4. The molecule has 0 aliphatic rings. The van der Waals surface area contributed by atoms with E-state index in [2.05, 4.69) is 0 Å². The first-order valence-electron chi connectivity index (χ1n) is 4.07. The lowest BCUT2D eigenvalue weighted by molar-refractivity contribution is -0.139. The molecule has 0 heterocycles. The maximum Gasteiger partial charge on any atom is 0.360 e. The van der Waals surface area contributed by atoms with Crippen molar-refractivity contribution in [3.05, 3.63) is 0 Å². The van der Waals surface area contributed by atoms with Crippen molar-refractivity contribution in [1.29, 1.82) is 0 Å². The highest BCUT2D eigenvalue weighted by Crippen LogP contribution is 1.91. The van der Waals surface area contributed by atoms with Crippen molar-refractivity contribution in [3.63, 3.8) is 0 Å². The van der Waals surface area contributed by atoms with Crippen LogP contribution in [0.2, 0.25) is 0 Å². The molecule has 0 aromatic rings. The molecule has 0 amide bonds. The number of esters is 1. The van der Waals surface area contributed by atoms with Crippen LogP contribution < -0.4 is 0 Å². The van der Waals surface area contributed by atoms with Gasteiger partial charge in [-0.25, -0.2) is 0 Å². The molecule has 0 bridgehead atoms. The third-order valence-electron chi connectivity index (χ3n) is 1.13. The lowest BCUT2D eigenvalue weighted by atomic mass is 10.8. The van der Waals surface area contributed by atoms with Crippen LogP contribution in [-0.4, -0.2) is 34.7 Å². The summed E-state index contributed by atoms with van der Waals surface area (Å²) >= 11 is 0. The highest BCUT2D eigenvalue weighted by Gasteiger charge is 2.13. The summed E-state index contributed by atoms with van der Waals surface area (Å²) in [5.74, 6) is -0.285. The largest absolute Gasteiger partial charge is 0.464 e. The van der Waals surface area contributed by atoms with Gasteiger partial charge in [0, 0.05) is 20.1 Å². The van der Waals surface area contributed by atoms with Gasteiger partial charge in [-0.1, -0.05) is 0 Å². The van der Waals surface area contributed by atoms with Crippen molar-refractivity contribution < 1.29 is 18.4 Å². The quantitative estimate of drug-likeness (QED) is 0.451. The molecule has 0 radical (unpaired) electrons. The maximum atomic E-state index is 10.4. The molecule has 0 spiro atoms. The molecule has 0 aromatic heterocycles. The standard InChI is InChI=1S/C7H16O4Si/c1-4-10-12(11-5-2)6-9-7(3)8/h12H,4-6H2,1-3H3. The van der Waals surface area contributed by atoms with Gasteiger partial charge in [0.2, 0.25) is 0 Å². The summed E-state index contributed by atoms with van der Waals surface area (Å²) in [7, 11) is -1.73. The van der Waals surface area contributed by atoms with E-state index in [0.29, 0.717) is 19.4 Å². The predicted molar refractivity (Wildman–Crippen MR) is 47.0 cm³/mol. The summed E-state index contributed by atoms with van der Waals surface area (Å²) in [6, 6.07) is 0. The highest BCUT2D eigenvalue weighted by atomic mass is 28.3. The van der Waals surface area contributed by atoms with Crippen LogP contribution in [0, 0.1) is 0 Å². The first-order chi connectivity index (χ1) is 5.70. The first-order valence-corrected chi connectivity index (χ1v) is 5.83. The molecule has 0 N–H and O–H groups in total. The van der Waals surface area contributed by atoms with Crippen LogP contribution in [0.1, 0.15) is 20.8 Å². The van der Waals surface area contributed by atoms with Crippen LogP contribution in [0.4, 0.5) is 0 Å². The smallest absolute Gasteiger partial charge is 0.360 e. The van der Waals surface area contributed by atoms with Crippen molar-refractivity contribution in [2.45, 2.75) is 20.8 Å². The Balaban J connectivity index is 3.54. The van der Waals surface area contributed by atoms with E-state index in [1.165, 1.54) is 6.92 Å². The Bertz CT molecular complexity index is 123. The fourth-order valence-electron chi connectivity index (χ4n) is 0.702. The van der Waals surface area contributed by atoms with E-state index in [0.717, 1.165) is 0 Å². The van der Waals surface area contributed by atoms with E-state index < -0.39 is 9.28 Å². The van der Waals surface area contributed by atoms with E-state index in [-0.39, 0.29) is 5.97 Å². The molecule has 5 heteroatoms. The zero-order valence-corrected chi connectivity index (χ0v) is 8.99. The normalized spacial score (nSPS) is 10.3. The molecular formula is C7H16O4Si. The van der Waals surface area contributed by atoms with Crippen LogP contribution in [0.3, 0.4) is 0 Å². The molecule has 0 unspecified atom stereocenters. The van der Waals surface area contributed by atoms with E-state index in [1.807, 2.05) is 13.8 Å². The van der Waals surface area contributed by atoms with Gasteiger partial charge in [0.05, 0.1) is 0 Å². The third kappa shape index (κ3) is 6.33. The average molecular weight is 192 g/mol. The topological polar surface area (TPSA) is 44.8 Å². The predicted octanol–water partition coefficient (Wildman–Crippen LogP) is 0.382. The van der Waals surface area contributed by atoms with Crippen LogP contribution in [0.25, 0.3) is 0 Å². The van der Waals surface area contributed by atoms with Gasteiger partial charge in [-0.05, 0) is 13.8 Å². The van der Waals surface area contributed by atoms with Gasteiger partial charge in [-0.3, -0.25) is 4.79 Å². The summed E-state index contributed by atoms with van der Waals surface area (Å²) in [5.41, 5.74) is 0. The SMILES string of the molecule is CCO[SiH](COC(C)=O)OCC. The number of hydrogen-bond donors (Lipinski definition) is 0. The Labute approximate surface area is 74.7 Å². The molecule has 0 fully saturated rings. The van der Waals surface area contributed by atoms with Gasteiger partial charge in [-0.2, -0.15) is 0 Å². The Hall–Kier alpha value is -0.393. The molecule has 0 aliphatic carbocycles. The second-order valence-corrected chi connectivity index (χ2v) is 4.00. The second-order valence-electron chi connectivity index (χ2n) is 2.14. The summed E-state index contributed by atoms with van der Waals surface area (Å²) in [6.45, 7) is 6.39. The number of rotatable bonds is 6. The van der Waals surface area contributed by atoms with E-state index in [9.17, 15) is 4.79 Å². The van der Waals surface area contributed by atoms with Crippen LogP contribution in [-0.2, 0) is 18.4 Å². The van der Waals surface area contributed by atoms with Crippen molar-refractivity contribution in [3.8, 4) is 0 Å². The van der Waals surface area contributed by atoms with Crippen LogP contribution >= 0.6 is 0 Å². The Kier molecular flexibility index (Phi) is 7.03. The zero-order valence-electron chi connectivity index (χ0n) is 7.83. The monoisotopic (exact) mass is 192 g/mol. The highest BCUT2D eigenvalue weighted by molar-refractivity contribution is 6.44. The Morgan fingerprint density at radius 3 is 2.08 bits per heavy atom. The third-order valence-corrected chi connectivity index (χ3v) is 2.98. The number of carbonyl (C=O) groups is 1. The fraction of sp³-hybridized carbons (Fsp3) is 0.857. The molecule has 4 nitrogen and oxygen atoms in total. The summed E-state index contributed by atoms with van der Waals surface area (Å²) in [4.78, 5) is 10.4. The fourth-order valence-corrected chi connectivity index (χ4v) is 2.10. The lowest BCUT2D eigenvalue weighted by Crippen LogP contribution is -2.30. The molecule has 0 saturated carbocycles. The first kappa shape index (κ1) is 11.6. The van der Waals surface area contributed by atoms with Gasteiger partial charge in [0.1, 0.15) is 6.23 Å². The van der Waals surface area contributed by atoms with Crippen molar-refractivity contribution in [2.24, 2.45) is 0 Å². The summed E-state index contributed by atoms with van der Waals surface area (Å²) in [5, 5.41) is 0. The summed E-state index contributed by atoms with van der Waals surface area (Å²) < 4.78 is 15.3. The Morgan fingerprint density at radius 2 is 1.75 bits per heavy atom. The van der Waals surface area contributed by atoms with Crippen molar-refractivity contribution in [2.75, 3.05) is 19.4 Å².